The lowest BCUT2D eigenvalue weighted by Gasteiger charge is -2.06. The van der Waals surface area contributed by atoms with E-state index in [0.717, 1.165) is 32.1 Å². The number of fused-ring (bicyclic) bond motifs is 1. The highest BCUT2D eigenvalue weighted by Gasteiger charge is 2.20. The van der Waals surface area contributed by atoms with Gasteiger partial charge in [0.2, 0.25) is 5.95 Å². The molecule has 0 bridgehead atoms. The highest BCUT2D eigenvalue weighted by Crippen LogP contribution is 2.28. The summed E-state index contributed by atoms with van der Waals surface area (Å²) in [5, 5.41) is 3.75. The van der Waals surface area contributed by atoms with Gasteiger partial charge in [-0.15, -0.1) is 0 Å². The van der Waals surface area contributed by atoms with Crippen LogP contribution in [0.5, 0.6) is 0 Å². The highest BCUT2D eigenvalue weighted by atomic mass is 16.5. The van der Waals surface area contributed by atoms with Crippen molar-refractivity contribution in [2.45, 2.75) is 19.3 Å². The minimum Gasteiger partial charge on any atom is -0.381 e. The fourth-order valence-electron chi connectivity index (χ4n) is 2.09. The van der Waals surface area contributed by atoms with Crippen molar-refractivity contribution in [3.63, 3.8) is 0 Å². The van der Waals surface area contributed by atoms with Gasteiger partial charge in [0, 0.05) is 19.8 Å². The van der Waals surface area contributed by atoms with Crippen LogP contribution in [0.25, 0.3) is 10.9 Å². The van der Waals surface area contributed by atoms with Crippen molar-refractivity contribution in [2.24, 2.45) is 5.92 Å². The molecule has 0 unspecified atom stereocenters. The monoisotopic (exact) mass is 273 g/mol. The van der Waals surface area contributed by atoms with Crippen molar-refractivity contribution in [3.8, 4) is 0 Å². The van der Waals surface area contributed by atoms with Crippen molar-refractivity contribution >= 4 is 16.9 Å². The summed E-state index contributed by atoms with van der Waals surface area (Å²) in [6.07, 6.45) is 3.55. The zero-order valence-corrected chi connectivity index (χ0v) is 11.4. The Kier molecular flexibility index (Phi) is 3.97. The van der Waals surface area contributed by atoms with Gasteiger partial charge in [0.25, 0.3) is 5.56 Å². The molecule has 1 aliphatic rings. The molecular weight excluding hydrogens is 254 g/mol. The lowest BCUT2D eigenvalue weighted by Crippen LogP contribution is -2.15. The van der Waals surface area contributed by atoms with Gasteiger partial charge in [-0.3, -0.25) is 9.78 Å². The number of aromatic nitrogens is 2. The first-order valence-corrected chi connectivity index (χ1v) is 7.13. The molecule has 5 nitrogen and oxygen atoms in total. The Labute approximate surface area is 117 Å². The Bertz CT molecular complexity index is 634. The molecule has 106 valence electrons. The van der Waals surface area contributed by atoms with Crippen LogP contribution in [-0.4, -0.2) is 29.7 Å². The van der Waals surface area contributed by atoms with Crippen molar-refractivity contribution in [3.05, 3.63) is 34.6 Å². The van der Waals surface area contributed by atoms with Crippen molar-refractivity contribution in [2.75, 3.05) is 25.1 Å². The Morgan fingerprint density at radius 3 is 3.05 bits per heavy atom. The molecule has 0 amide bonds. The summed E-state index contributed by atoms with van der Waals surface area (Å²) in [6, 6.07) is 7.33. The predicted molar refractivity (Wildman–Crippen MR) is 79.0 cm³/mol. The Morgan fingerprint density at radius 2 is 2.20 bits per heavy atom. The summed E-state index contributed by atoms with van der Waals surface area (Å²) in [5.74, 6) is 1.33. The molecule has 0 aliphatic heterocycles. The second-order valence-corrected chi connectivity index (χ2v) is 5.23. The second-order valence-electron chi connectivity index (χ2n) is 5.23. The molecular formula is C15H19N3O2. The average Bonchev–Trinajstić information content (AvgIpc) is 3.27. The van der Waals surface area contributed by atoms with E-state index < -0.39 is 0 Å². The van der Waals surface area contributed by atoms with Crippen LogP contribution in [-0.2, 0) is 4.74 Å². The van der Waals surface area contributed by atoms with Gasteiger partial charge in [-0.25, -0.2) is 4.98 Å². The first-order valence-electron chi connectivity index (χ1n) is 7.13. The number of benzene rings is 1. The minimum atomic E-state index is -0.108. The van der Waals surface area contributed by atoms with Gasteiger partial charge in [-0.05, 0) is 37.3 Å². The van der Waals surface area contributed by atoms with Crippen LogP contribution in [0.4, 0.5) is 5.95 Å². The molecule has 1 aromatic carbocycles. The number of para-hydroxylation sites is 1. The molecule has 1 aromatic heterocycles. The van der Waals surface area contributed by atoms with Crippen LogP contribution in [0.3, 0.4) is 0 Å². The molecule has 0 radical (unpaired) electrons. The van der Waals surface area contributed by atoms with Gasteiger partial charge in [-0.2, -0.15) is 0 Å². The van der Waals surface area contributed by atoms with Crippen LogP contribution < -0.4 is 10.9 Å². The average molecular weight is 273 g/mol. The number of aromatic amines is 1. The molecule has 1 heterocycles. The fraction of sp³-hybridized carbons (Fsp3) is 0.467. The third-order valence-corrected chi connectivity index (χ3v) is 3.42. The topological polar surface area (TPSA) is 67.0 Å². The Morgan fingerprint density at radius 1 is 1.35 bits per heavy atom. The Balaban J connectivity index is 1.50. The van der Waals surface area contributed by atoms with Crippen LogP contribution in [0.2, 0.25) is 0 Å². The molecule has 2 N–H and O–H groups in total. The van der Waals surface area contributed by atoms with Crippen LogP contribution >= 0.6 is 0 Å². The first kappa shape index (κ1) is 13.1. The van der Waals surface area contributed by atoms with Gasteiger partial charge < -0.3 is 10.1 Å². The third kappa shape index (κ3) is 3.36. The van der Waals surface area contributed by atoms with E-state index in [9.17, 15) is 4.79 Å². The number of hydrogen-bond acceptors (Lipinski definition) is 4. The van der Waals surface area contributed by atoms with Crippen LogP contribution in [0.1, 0.15) is 19.3 Å². The maximum Gasteiger partial charge on any atom is 0.260 e. The van der Waals surface area contributed by atoms with Crippen molar-refractivity contribution in [1.82, 2.24) is 9.97 Å². The van der Waals surface area contributed by atoms with Crippen molar-refractivity contribution < 1.29 is 4.74 Å². The van der Waals surface area contributed by atoms with E-state index in [1.165, 1.54) is 12.8 Å². The summed E-state index contributed by atoms with van der Waals surface area (Å²) in [5.41, 5.74) is 0.604. The highest BCUT2D eigenvalue weighted by molar-refractivity contribution is 5.78. The summed E-state index contributed by atoms with van der Waals surface area (Å²) < 4.78 is 5.56. The molecule has 5 heteroatoms. The Hall–Kier alpha value is -1.88. The van der Waals surface area contributed by atoms with E-state index in [4.69, 9.17) is 4.74 Å². The number of hydrogen-bond donors (Lipinski definition) is 2. The summed E-state index contributed by atoms with van der Waals surface area (Å²) in [7, 11) is 0. The number of nitrogens with zero attached hydrogens (tertiary/aromatic N) is 1. The molecule has 2 aromatic rings. The second kappa shape index (κ2) is 6.05. The number of anilines is 1. The predicted octanol–water partition coefficient (Wildman–Crippen LogP) is 2.15. The molecule has 1 fully saturated rings. The number of nitrogens with one attached hydrogen (secondary N) is 2. The maximum atomic E-state index is 11.9. The SMILES string of the molecule is O=c1[nH]c(NCCCOCC2CC2)nc2ccccc12. The van der Waals surface area contributed by atoms with Crippen LogP contribution in [0, 0.1) is 5.92 Å². The van der Waals surface area contributed by atoms with Gasteiger partial charge in [-0.1, -0.05) is 12.1 Å². The van der Waals surface area contributed by atoms with E-state index in [-0.39, 0.29) is 5.56 Å². The van der Waals surface area contributed by atoms with E-state index in [2.05, 4.69) is 15.3 Å². The quantitative estimate of drug-likeness (QED) is 0.759. The summed E-state index contributed by atoms with van der Waals surface area (Å²) in [6.45, 7) is 2.39. The minimum absolute atomic E-state index is 0.108. The molecule has 3 rings (SSSR count). The van der Waals surface area contributed by atoms with E-state index in [1.54, 1.807) is 6.07 Å². The lowest BCUT2D eigenvalue weighted by molar-refractivity contribution is 0.124. The van der Waals surface area contributed by atoms with Crippen LogP contribution in [0.15, 0.2) is 29.1 Å². The first-order chi connectivity index (χ1) is 9.83. The molecule has 0 spiro atoms. The van der Waals surface area contributed by atoms with Gasteiger partial charge in [0.15, 0.2) is 0 Å². The molecule has 1 aliphatic carbocycles. The molecule has 1 saturated carbocycles. The normalized spacial score (nSPS) is 14.6. The van der Waals surface area contributed by atoms with Crippen molar-refractivity contribution in [1.29, 1.82) is 0 Å². The maximum absolute atomic E-state index is 11.9. The van der Waals surface area contributed by atoms with E-state index >= 15 is 0 Å². The van der Waals surface area contributed by atoms with Gasteiger partial charge in [0.1, 0.15) is 0 Å². The zero-order valence-electron chi connectivity index (χ0n) is 11.4. The smallest absolute Gasteiger partial charge is 0.260 e. The number of H-pyrrole nitrogens is 1. The van der Waals surface area contributed by atoms with Gasteiger partial charge in [0.05, 0.1) is 10.9 Å². The number of ether oxygens (including phenoxy) is 1. The molecule has 20 heavy (non-hydrogen) atoms. The number of rotatable bonds is 7. The summed E-state index contributed by atoms with van der Waals surface area (Å²) in [4.78, 5) is 19.0. The standard InChI is InChI=1S/C15H19N3O2/c19-14-12-4-1-2-5-13(12)17-15(18-14)16-8-3-9-20-10-11-6-7-11/h1-2,4-5,11H,3,6-10H2,(H2,16,17,18,19). The molecule has 0 saturated heterocycles. The van der Waals surface area contributed by atoms with E-state index in [1.807, 2.05) is 18.2 Å². The lowest BCUT2D eigenvalue weighted by atomic mass is 10.2. The van der Waals surface area contributed by atoms with Gasteiger partial charge >= 0.3 is 0 Å². The summed E-state index contributed by atoms with van der Waals surface area (Å²) >= 11 is 0. The fourth-order valence-corrected chi connectivity index (χ4v) is 2.09. The third-order valence-electron chi connectivity index (χ3n) is 3.42. The molecule has 0 atom stereocenters. The largest absolute Gasteiger partial charge is 0.381 e. The zero-order chi connectivity index (χ0) is 13.8. The van der Waals surface area contributed by atoms with E-state index in [0.29, 0.717) is 16.9 Å².